The first kappa shape index (κ1) is 13.4. The van der Waals surface area contributed by atoms with Crippen molar-refractivity contribution in [1.29, 1.82) is 0 Å². The Balaban J connectivity index is 2.47. The Morgan fingerprint density at radius 2 is 1.89 bits per heavy atom. The molecule has 1 radical (unpaired) electrons. The first-order valence-electron chi connectivity index (χ1n) is 6.08. The van der Waals surface area contributed by atoms with E-state index in [0.29, 0.717) is 0 Å². The van der Waals surface area contributed by atoms with Crippen LogP contribution in [-0.4, -0.2) is 21.2 Å². The fourth-order valence-electron chi connectivity index (χ4n) is 2.28. The maximum atomic E-state index is 12.4. The maximum Gasteiger partial charge on any atom is 0.174 e. The van der Waals surface area contributed by atoms with Gasteiger partial charge in [0.2, 0.25) is 0 Å². The Morgan fingerprint density at radius 1 is 1.28 bits per heavy atom. The molecule has 5 heteroatoms. The molecule has 99 valence electrons. The molecule has 18 heavy (non-hydrogen) atoms. The molecule has 1 aromatic heterocycles. The van der Waals surface area contributed by atoms with Crippen molar-refractivity contribution in [2.45, 2.75) is 44.9 Å². The molecule has 1 aliphatic heterocycles. The predicted octanol–water partition coefficient (Wildman–Crippen LogP) is 1.53. The summed E-state index contributed by atoms with van der Waals surface area (Å²) in [4.78, 5) is 0. The number of hydrogen-bond donors (Lipinski definition) is 0. The van der Waals surface area contributed by atoms with Crippen molar-refractivity contribution in [3.63, 3.8) is 0 Å². The van der Waals surface area contributed by atoms with Crippen molar-refractivity contribution in [3.8, 4) is 0 Å². The summed E-state index contributed by atoms with van der Waals surface area (Å²) in [7, 11) is 1.87. The first-order valence-corrected chi connectivity index (χ1v) is 6.08. The van der Waals surface area contributed by atoms with Gasteiger partial charge in [-0.1, -0.05) is 0 Å². The summed E-state index contributed by atoms with van der Waals surface area (Å²) in [5, 5.41) is 26.7. The van der Waals surface area contributed by atoms with Crippen LogP contribution >= 0.6 is 0 Å². The molecule has 0 N–H and O–H groups in total. The number of hydroxylamine groups is 4. The number of aromatic nitrogens is 1. The average molecular weight is 250 g/mol. The Hall–Kier alpha value is -1.01. The zero-order chi connectivity index (χ0) is 13.7. The SMILES string of the molecule is C[n+]1cccc(C2N([O])C(C)(C)C(C)(C)N2[O-])c1. The molecule has 0 spiro atoms. The van der Waals surface area contributed by atoms with Crippen molar-refractivity contribution in [1.82, 2.24) is 10.1 Å². The van der Waals surface area contributed by atoms with Crippen molar-refractivity contribution in [2.24, 2.45) is 7.05 Å². The van der Waals surface area contributed by atoms with E-state index in [9.17, 15) is 10.4 Å². The van der Waals surface area contributed by atoms with Gasteiger partial charge in [0.05, 0.1) is 5.54 Å². The van der Waals surface area contributed by atoms with Crippen LogP contribution < -0.4 is 4.57 Å². The van der Waals surface area contributed by atoms with Crippen LogP contribution in [0.15, 0.2) is 24.5 Å². The molecule has 2 heterocycles. The smallest absolute Gasteiger partial charge is 0.174 e. The van der Waals surface area contributed by atoms with Gasteiger partial charge >= 0.3 is 0 Å². The normalized spacial score (nSPS) is 27.6. The molecular weight excluding hydrogens is 230 g/mol. The minimum atomic E-state index is -0.776. The Bertz CT molecular complexity index is 439. The van der Waals surface area contributed by atoms with E-state index in [0.717, 1.165) is 15.7 Å². The van der Waals surface area contributed by atoms with E-state index in [1.165, 1.54) is 0 Å². The van der Waals surface area contributed by atoms with Crippen LogP contribution in [0, 0.1) is 5.21 Å². The van der Waals surface area contributed by atoms with Crippen molar-refractivity contribution < 1.29 is 9.77 Å². The zero-order valence-electron chi connectivity index (χ0n) is 11.5. The zero-order valence-corrected chi connectivity index (χ0v) is 11.5. The number of pyridine rings is 1. The Morgan fingerprint density at radius 3 is 2.33 bits per heavy atom. The first-order chi connectivity index (χ1) is 8.19. The molecule has 0 saturated carbocycles. The maximum absolute atomic E-state index is 12.4. The summed E-state index contributed by atoms with van der Waals surface area (Å²) in [5.74, 6) is 0. The van der Waals surface area contributed by atoms with Crippen LogP contribution in [0.1, 0.15) is 39.4 Å². The molecule has 0 aromatic carbocycles. The topological polar surface area (TPSA) is 53.3 Å². The number of nitrogens with zero attached hydrogens (tertiary/aromatic N) is 3. The van der Waals surface area contributed by atoms with Crippen molar-refractivity contribution in [2.75, 3.05) is 0 Å². The summed E-state index contributed by atoms with van der Waals surface area (Å²) in [6.45, 7) is 7.25. The molecule has 5 nitrogen and oxygen atoms in total. The van der Waals surface area contributed by atoms with Gasteiger partial charge in [-0.25, -0.2) is 4.57 Å². The highest BCUT2D eigenvalue weighted by Gasteiger charge is 2.55. The fourth-order valence-corrected chi connectivity index (χ4v) is 2.28. The van der Waals surface area contributed by atoms with Gasteiger partial charge in [0.1, 0.15) is 13.2 Å². The van der Waals surface area contributed by atoms with Crippen LogP contribution in [-0.2, 0) is 12.3 Å². The minimum Gasteiger partial charge on any atom is -0.783 e. The number of rotatable bonds is 1. The van der Waals surface area contributed by atoms with E-state index in [-0.39, 0.29) is 0 Å². The summed E-state index contributed by atoms with van der Waals surface area (Å²) in [5.41, 5.74) is -0.731. The molecule has 0 unspecified atom stereocenters. The summed E-state index contributed by atoms with van der Waals surface area (Å²) in [6.07, 6.45) is 2.92. The molecule has 1 aliphatic rings. The lowest BCUT2D eigenvalue weighted by molar-refractivity contribution is -0.672. The lowest BCUT2D eigenvalue weighted by Gasteiger charge is -2.44. The molecule has 1 saturated heterocycles. The fraction of sp³-hybridized carbons (Fsp3) is 0.615. The molecule has 1 fully saturated rings. The minimum absolute atomic E-state index is 0.726. The highest BCUT2D eigenvalue weighted by molar-refractivity contribution is 5.19. The van der Waals surface area contributed by atoms with Gasteiger partial charge in [-0.15, -0.1) is 10.3 Å². The highest BCUT2D eigenvalue weighted by Crippen LogP contribution is 2.47. The van der Waals surface area contributed by atoms with E-state index in [1.54, 1.807) is 0 Å². The van der Waals surface area contributed by atoms with Gasteiger partial charge in [-0.3, -0.25) is 0 Å². The van der Waals surface area contributed by atoms with Crippen LogP contribution in [0.3, 0.4) is 0 Å². The molecular formula is C13H20N3O2. The predicted molar refractivity (Wildman–Crippen MR) is 66.2 cm³/mol. The molecule has 1 aromatic rings. The Kier molecular flexibility index (Phi) is 2.98. The van der Waals surface area contributed by atoms with Crippen LogP contribution in [0.5, 0.6) is 0 Å². The third kappa shape index (κ3) is 1.66. The van der Waals surface area contributed by atoms with E-state index < -0.39 is 17.2 Å². The molecule has 2 rings (SSSR count). The van der Waals surface area contributed by atoms with Crippen LogP contribution in [0.25, 0.3) is 0 Å². The average Bonchev–Trinajstić information content (AvgIpc) is 2.38. The van der Waals surface area contributed by atoms with Crippen LogP contribution in [0.4, 0.5) is 0 Å². The largest absolute Gasteiger partial charge is 0.783 e. The van der Waals surface area contributed by atoms with E-state index in [4.69, 9.17) is 0 Å². The second-order valence-corrected chi connectivity index (χ2v) is 5.95. The van der Waals surface area contributed by atoms with Gasteiger partial charge in [0.15, 0.2) is 12.4 Å². The lowest BCUT2D eigenvalue weighted by atomic mass is 9.84. The van der Waals surface area contributed by atoms with Gasteiger partial charge in [-0.2, -0.15) is 0 Å². The quantitative estimate of drug-likeness (QED) is 0.710. The third-order valence-electron chi connectivity index (χ3n) is 4.30. The van der Waals surface area contributed by atoms with E-state index in [1.807, 2.05) is 63.8 Å². The monoisotopic (exact) mass is 250 g/mol. The summed E-state index contributed by atoms with van der Waals surface area (Å²) in [6, 6.07) is 3.66. The van der Waals surface area contributed by atoms with Crippen molar-refractivity contribution in [3.05, 3.63) is 35.3 Å². The van der Waals surface area contributed by atoms with Gasteiger partial charge in [0.25, 0.3) is 0 Å². The summed E-state index contributed by atoms with van der Waals surface area (Å²) >= 11 is 0. The van der Waals surface area contributed by atoms with Crippen LogP contribution in [0.2, 0.25) is 0 Å². The van der Waals surface area contributed by atoms with E-state index >= 15 is 0 Å². The molecule has 0 atom stereocenters. The number of hydrogen-bond acceptors (Lipinski definition) is 3. The Labute approximate surface area is 108 Å². The van der Waals surface area contributed by atoms with Crippen molar-refractivity contribution >= 4 is 0 Å². The highest BCUT2D eigenvalue weighted by atomic mass is 16.6. The standard InChI is InChI=1S/C13H20N3O2/c1-12(2)13(3,4)16(18)11(15(12)17)10-7-6-8-14(5)9-10/h6-9,11H,1-5H3. The molecule has 0 amide bonds. The van der Waals surface area contributed by atoms with Gasteiger partial charge in [-0.05, 0) is 33.8 Å². The van der Waals surface area contributed by atoms with E-state index in [2.05, 4.69) is 0 Å². The summed E-state index contributed by atoms with van der Waals surface area (Å²) < 4.78 is 1.84. The molecule has 0 bridgehead atoms. The second kappa shape index (κ2) is 3.99. The second-order valence-electron chi connectivity index (χ2n) is 5.95. The molecule has 0 aliphatic carbocycles. The lowest BCUT2D eigenvalue weighted by Crippen LogP contribution is -2.51. The van der Waals surface area contributed by atoms with Gasteiger partial charge in [0, 0.05) is 17.2 Å². The third-order valence-corrected chi connectivity index (χ3v) is 4.30. The number of aryl methyl sites for hydroxylation is 1. The van der Waals surface area contributed by atoms with Gasteiger partial charge < -0.3 is 10.3 Å².